The third kappa shape index (κ3) is 5.93. The minimum absolute atomic E-state index is 0.0449. The second kappa shape index (κ2) is 5.31. The lowest BCUT2D eigenvalue weighted by atomic mass is 10.2. The molecule has 0 amide bonds. The molecule has 0 aromatic rings. The quantitative estimate of drug-likeness (QED) is 0.655. The normalized spacial score (nSPS) is 16.2. The molecule has 0 saturated carbocycles. The molecule has 2 atom stereocenters. The fraction of sp³-hybridized carbons (Fsp3) is 0.875. The first-order valence-corrected chi connectivity index (χ1v) is 6.49. The van der Waals surface area contributed by atoms with E-state index in [2.05, 4.69) is 5.32 Å². The number of hydrogen-bond acceptors (Lipinski definition) is 4. The van der Waals surface area contributed by atoms with Gasteiger partial charge in [-0.2, -0.15) is 0 Å². The fourth-order valence-electron chi connectivity index (χ4n) is 1.21. The van der Waals surface area contributed by atoms with E-state index in [-0.39, 0.29) is 11.8 Å². The van der Waals surface area contributed by atoms with Crippen LogP contribution in [0.4, 0.5) is 0 Å². The molecule has 5 nitrogen and oxygen atoms in total. The molecule has 0 fully saturated rings. The lowest BCUT2D eigenvalue weighted by Gasteiger charge is -2.17. The van der Waals surface area contributed by atoms with Crippen LogP contribution in [0.25, 0.3) is 0 Å². The van der Waals surface area contributed by atoms with E-state index in [1.807, 2.05) is 0 Å². The van der Waals surface area contributed by atoms with Gasteiger partial charge in [-0.1, -0.05) is 6.92 Å². The van der Waals surface area contributed by atoms with E-state index in [1.54, 1.807) is 13.8 Å². The average Bonchev–Trinajstić information content (AvgIpc) is 1.96. The van der Waals surface area contributed by atoms with Gasteiger partial charge in [-0.3, -0.25) is 4.79 Å². The largest absolute Gasteiger partial charge is 0.480 e. The van der Waals surface area contributed by atoms with Gasteiger partial charge < -0.3 is 10.4 Å². The van der Waals surface area contributed by atoms with Crippen molar-refractivity contribution in [1.82, 2.24) is 5.32 Å². The molecule has 2 unspecified atom stereocenters. The number of carboxylic acids is 1. The molecule has 0 radical (unpaired) electrons. The van der Waals surface area contributed by atoms with Crippen LogP contribution in [0, 0.1) is 0 Å². The van der Waals surface area contributed by atoms with Crippen molar-refractivity contribution < 1.29 is 18.3 Å². The van der Waals surface area contributed by atoms with E-state index < -0.39 is 21.8 Å². The third-order valence-electron chi connectivity index (χ3n) is 1.74. The SMILES string of the molecule is CCC(NC(C)CS(C)(=O)=O)C(=O)O. The van der Waals surface area contributed by atoms with Gasteiger partial charge in [0.2, 0.25) is 0 Å². The van der Waals surface area contributed by atoms with Crippen molar-refractivity contribution in [3.63, 3.8) is 0 Å². The van der Waals surface area contributed by atoms with E-state index >= 15 is 0 Å². The molecule has 84 valence electrons. The summed E-state index contributed by atoms with van der Waals surface area (Å²) in [5, 5.41) is 11.5. The first-order valence-electron chi connectivity index (χ1n) is 4.42. The fourth-order valence-corrected chi connectivity index (χ4v) is 2.21. The van der Waals surface area contributed by atoms with Crippen LogP contribution in [0.5, 0.6) is 0 Å². The summed E-state index contributed by atoms with van der Waals surface area (Å²) in [7, 11) is -3.06. The molecular formula is C8H17NO4S. The molecule has 0 bridgehead atoms. The van der Waals surface area contributed by atoms with Gasteiger partial charge in [0.05, 0.1) is 5.75 Å². The minimum atomic E-state index is -3.06. The van der Waals surface area contributed by atoms with Crippen LogP contribution in [0.2, 0.25) is 0 Å². The number of carboxylic acid groups (broad SMARTS) is 1. The zero-order valence-corrected chi connectivity index (χ0v) is 9.47. The molecule has 2 N–H and O–H groups in total. The molecule has 0 aromatic carbocycles. The Morgan fingerprint density at radius 3 is 2.29 bits per heavy atom. The van der Waals surface area contributed by atoms with Crippen LogP contribution in [0.3, 0.4) is 0 Å². The number of rotatable bonds is 6. The van der Waals surface area contributed by atoms with Crippen LogP contribution < -0.4 is 5.32 Å². The number of nitrogens with one attached hydrogen (secondary N) is 1. The van der Waals surface area contributed by atoms with Crippen LogP contribution in [-0.2, 0) is 14.6 Å². The smallest absolute Gasteiger partial charge is 0.320 e. The Morgan fingerprint density at radius 1 is 1.50 bits per heavy atom. The van der Waals surface area contributed by atoms with Crippen molar-refractivity contribution >= 4 is 15.8 Å². The molecule has 0 saturated heterocycles. The lowest BCUT2D eigenvalue weighted by Crippen LogP contribution is -2.44. The predicted octanol–water partition coefficient (Wildman–Crippen LogP) is -0.128. The summed E-state index contributed by atoms with van der Waals surface area (Å²) < 4.78 is 21.8. The minimum Gasteiger partial charge on any atom is -0.480 e. The summed E-state index contributed by atoms with van der Waals surface area (Å²) in [4.78, 5) is 10.6. The van der Waals surface area contributed by atoms with Crippen molar-refractivity contribution in [2.24, 2.45) is 0 Å². The maximum Gasteiger partial charge on any atom is 0.320 e. The average molecular weight is 223 g/mol. The summed E-state index contributed by atoms with van der Waals surface area (Å²) in [6, 6.07) is -1.02. The van der Waals surface area contributed by atoms with Crippen LogP contribution >= 0.6 is 0 Å². The van der Waals surface area contributed by atoms with Gasteiger partial charge in [-0.05, 0) is 13.3 Å². The second-order valence-electron chi connectivity index (χ2n) is 3.46. The maximum atomic E-state index is 10.9. The van der Waals surface area contributed by atoms with Crippen LogP contribution in [0.1, 0.15) is 20.3 Å². The molecule has 0 spiro atoms. The highest BCUT2D eigenvalue weighted by Gasteiger charge is 2.19. The topological polar surface area (TPSA) is 83.5 Å². The van der Waals surface area contributed by atoms with Crippen molar-refractivity contribution in [3.8, 4) is 0 Å². The lowest BCUT2D eigenvalue weighted by molar-refractivity contribution is -0.139. The molecule has 0 aliphatic heterocycles. The van der Waals surface area contributed by atoms with Gasteiger partial charge in [0.25, 0.3) is 0 Å². The summed E-state index contributed by atoms with van der Waals surface area (Å²) in [5.41, 5.74) is 0. The van der Waals surface area contributed by atoms with Crippen molar-refractivity contribution in [3.05, 3.63) is 0 Å². The number of aliphatic carboxylic acids is 1. The Hall–Kier alpha value is -0.620. The number of carbonyl (C=O) groups is 1. The number of hydrogen-bond donors (Lipinski definition) is 2. The van der Waals surface area contributed by atoms with E-state index in [9.17, 15) is 13.2 Å². The maximum absolute atomic E-state index is 10.9. The van der Waals surface area contributed by atoms with E-state index in [0.717, 1.165) is 6.26 Å². The van der Waals surface area contributed by atoms with Gasteiger partial charge in [0.15, 0.2) is 0 Å². The third-order valence-corrected chi connectivity index (χ3v) is 2.85. The van der Waals surface area contributed by atoms with Gasteiger partial charge in [0.1, 0.15) is 15.9 Å². The molecule has 14 heavy (non-hydrogen) atoms. The summed E-state index contributed by atoms with van der Waals surface area (Å²) >= 11 is 0. The van der Waals surface area contributed by atoms with Crippen LogP contribution in [0.15, 0.2) is 0 Å². The van der Waals surface area contributed by atoms with E-state index in [4.69, 9.17) is 5.11 Å². The first kappa shape index (κ1) is 13.4. The van der Waals surface area contributed by atoms with Gasteiger partial charge in [-0.15, -0.1) is 0 Å². The molecule has 0 rings (SSSR count). The summed E-state index contributed by atoms with van der Waals surface area (Å²) in [6.07, 6.45) is 1.57. The first-order chi connectivity index (χ1) is 6.26. The van der Waals surface area contributed by atoms with Gasteiger partial charge in [0, 0.05) is 12.3 Å². The van der Waals surface area contributed by atoms with Gasteiger partial charge in [-0.25, -0.2) is 8.42 Å². The zero-order valence-electron chi connectivity index (χ0n) is 8.65. The molecule has 0 aliphatic rings. The zero-order chi connectivity index (χ0) is 11.4. The standard InChI is InChI=1S/C8H17NO4S/c1-4-7(8(10)11)9-6(2)5-14(3,12)13/h6-7,9H,4-5H2,1-3H3,(H,10,11). The van der Waals surface area contributed by atoms with Crippen LogP contribution in [-0.4, -0.2) is 43.6 Å². The highest BCUT2D eigenvalue weighted by Crippen LogP contribution is 1.96. The Balaban J connectivity index is 4.17. The Bertz CT molecular complexity index is 286. The monoisotopic (exact) mass is 223 g/mol. The molecule has 0 aromatic heterocycles. The summed E-state index contributed by atoms with van der Waals surface area (Å²) in [5.74, 6) is -0.996. The van der Waals surface area contributed by atoms with E-state index in [0.29, 0.717) is 6.42 Å². The predicted molar refractivity (Wildman–Crippen MR) is 54.0 cm³/mol. The molecule has 0 heterocycles. The van der Waals surface area contributed by atoms with Crippen molar-refractivity contribution in [2.45, 2.75) is 32.4 Å². The second-order valence-corrected chi connectivity index (χ2v) is 5.64. The molecule has 6 heteroatoms. The van der Waals surface area contributed by atoms with Crippen molar-refractivity contribution in [2.75, 3.05) is 12.0 Å². The van der Waals surface area contributed by atoms with Gasteiger partial charge >= 0.3 is 5.97 Å². The van der Waals surface area contributed by atoms with E-state index in [1.165, 1.54) is 0 Å². The molecular weight excluding hydrogens is 206 g/mol. The highest BCUT2D eigenvalue weighted by molar-refractivity contribution is 7.90. The van der Waals surface area contributed by atoms with Crippen molar-refractivity contribution in [1.29, 1.82) is 0 Å². The highest BCUT2D eigenvalue weighted by atomic mass is 32.2. The number of sulfone groups is 1. The Kier molecular flexibility index (Phi) is 5.07. The Morgan fingerprint density at radius 2 is 2.00 bits per heavy atom. The summed E-state index contributed by atoms with van der Waals surface area (Å²) in [6.45, 7) is 3.39. The Labute approximate surface area is 84.4 Å². The molecule has 0 aliphatic carbocycles.